The minimum absolute atomic E-state index is 0.134. The summed E-state index contributed by atoms with van der Waals surface area (Å²) in [7, 11) is 0. The third-order valence-corrected chi connectivity index (χ3v) is 4.97. The zero-order valence-electron chi connectivity index (χ0n) is 16.4. The van der Waals surface area contributed by atoms with Crippen LogP contribution in [0.4, 0.5) is 5.69 Å². The number of hydrogen-bond donors (Lipinski definition) is 2. The molecule has 0 bridgehead atoms. The highest BCUT2D eigenvalue weighted by Crippen LogP contribution is 2.21. The van der Waals surface area contributed by atoms with Crippen molar-refractivity contribution in [2.24, 2.45) is 0 Å². The Hall–Kier alpha value is -3.92. The van der Waals surface area contributed by atoms with Gasteiger partial charge in [0.1, 0.15) is 0 Å². The molecule has 0 aliphatic rings. The standard InChI is InChI=1S/C26H22N2O2/c29-25(27-23-16-15-19-9-7-8-14-22(19)17-23)18-24(20-10-3-1-4-11-20)28-26(30)21-12-5-2-6-13-21/h1-17,24H,18H2,(H,27,29)(H,28,30)/t24-/m0/s1. The molecule has 0 radical (unpaired) electrons. The molecule has 0 aliphatic carbocycles. The van der Waals surface area contributed by atoms with Gasteiger partial charge in [-0.05, 0) is 40.6 Å². The molecule has 2 amide bonds. The van der Waals surface area contributed by atoms with Gasteiger partial charge in [-0.3, -0.25) is 9.59 Å². The molecular formula is C26H22N2O2. The molecule has 0 unspecified atom stereocenters. The molecule has 1 atom stereocenters. The van der Waals surface area contributed by atoms with Crippen LogP contribution >= 0.6 is 0 Å². The Kier molecular flexibility index (Phi) is 5.85. The van der Waals surface area contributed by atoms with Crippen molar-refractivity contribution in [2.75, 3.05) is 5.32 Å². The van der Waals surface area contributed by atoms with Crippen LogP contribution in [0.2, 0.25) is 0 Å². The molecule has 4 nitrogen and oxygen atoms in total. The van der Waals surface area contributed by atoms with E-state index in [4.69, 9.17) is 0 Å². The van der Waals surface area contributed by atoms with Crippen LogP contribution in [0.5, 0.6) is 0 Å². The van der Waals surface area contributed by atoms with Crippen LogP contribution in [0.3, 0.4) is 0 Å². The molecule has 0 spiro atoms. The summed E-state index contributed by atoms with van der Waals surface area (Å²) in [6.45, 7) is 0. The van der Waals surface area contributed by atoms with Gasteiger partial charge in [0.2, 0.25) is 5.91 Å². The monoisotopic (exact) mass is 394 g/mol. The van der Waals surface area contributed by atoms with E-state index in [1.807, 2.05) is 91.0 Å². The molecule has 30 heavy (non-hydrogen) atoms. The van der Waals surface area contributed by atoms with Gasteiger partial charge in [-0.1, -0.05) is 78.9 Å². The minimum atomic E-state index is -0.431. The first-order valence-electron chi connectivity index (χ1n) is 9.88. The molecule has 0 heterocycles. The smallest absolute Gasteiger partial charge is 0.251 e. The van der Waals surface area contributed by atoms with Gasteiger partial charge in [-0.25, -0.2) is 0 Å². The van der Waals surface area contributed by atoms with Crippen LogP contribution in [0.25, 0.3) is 10.8 Å². The van der Waals surface area contributed by atoms with Gasteiger partial charge in [0.25, 0.3) is 5.91 Å². The second-order valence-corrected chi connectivity index (χ2v) is 7.12. The average Bonchev–Trinajstić information content (AvgIpc) is 2.79. The number of amides is 2. The molecule has 4 aromatic carbocycles. The molecular weight excluding hydrogens is 372 g/mol. The van der Waals surface area contributed by atoms with Crippen molar-refractivity contribution >= 4 is 28.3 Å². The lowest BCUT2D eigenvalue weighted by atomic mass is 10.0. The van der Waals surface area contributed by atoms with Crippen molar-refractivity contribution in [2.45, 2.75) is 12.5 Å². The zero-order chi connectivity index (χ0) is 20.8. The highest BCUT2D eigenvalue weighted by molar-refractivity contribution is 5.97. The third-order valence-electron chi connectivity index (χ3n) is 4.97. The number of carbonyl (C=O) groups is 2. The Balaban J connectivity index is 1.50. The predicted molar refractivity (Wildman–Crippen MR) is 120 cm³/mol. The van der Waals surface area contributed by atoms with E-state index in [0.717, 1.165) is 22.0 Å². The lowest BCUT2D eigenvalue weighted by molar-refractivity contribution is -0.116. The van der Waals surface area contributed by atoms with Crippen molar-refractivity contribution < 1.29 is 9.59 Å². The summed E-state index contributed by atoms with van der Waals surface area (Å²) in [5.41, 5.74) is 2.18. The first kappa shape index (κ1) is 19.4. The summed E-state index contributed by atoms with van der Waals surface area (Å²) >= 11 is 0. The van der Waals surface area contributed by atoms with Gasteiger partial charge in [-0.2, -0.15) is 0 Å². The summed E-state index contributed by atoms with van der Waals surface area (Å²) in [4.78, 5) is 25.5. The van der Waals surface area contributed by atoms with Gasteiger partial charge < -0.3 is 10.6 Å². The van der Waals surface area contributed by atoms with E-state index in [9.17, 15) is 9.59 Å². The van der Waals surface area contributed by atoms with Gasteiger partial charge in [0, 0.05) is 11.3 Å². The fourth-order valence-corrected chi connectivity index (χ4v) is 3.43. The fourth-order valence-electron chi connectivity index (χ4n) is 3.43. The lowest BCUT2D eigenvalue weighted by Crippen LogP contribution is -2.31. The van der Waals surface area contributed by atoms with Crippen molar-refractivity contribution in [1.29, 1.82) is 0 Å². The quantitative estimate of drug-likeness (QED) is 0.464. The van der Waals surface area contributed by atoms with Crippen molar-refractivity contribution in [3.05, 3.63) is 114 Å². The fraction of sp³-hybridized carbons (Fsp3) is 0.0769. The second-order valence-electron chi connectivity index (χ2n) is 7.12. The SMILES string of the molecule is O=C(C[C@H](NC(=O)c1ccccc1)c1ccccc1)Nc1ccc2ccccc2c1. The van der Waals surface area contributed by atoms with Crippen molar-refractivity contribution in [3.8, 4) is 0 Å². The van der Waals surface area contributed by atoms with Gasteiger partial charge in [0.05, 0.1) is 12.5 Å². The normalized spacial score (nSPS) is 11.6. The topological polar surface area (TPSA) is 58.2 Å². The number of hydrogen-bond acceptors (Lipinski definition) is 2. The second kappa shape index (κ2) is 9.05. The number of anilines is 1. The molecule has 0 saturated carbocycles. The van der Waals surface area contributed by atoms with Crippen LogP contribution in [-0.2, 0) is 4.79 Å². The van der Waals surface area contributed by atoms with E-state index in [2.05, 4.69) is 10.6 Å². The highest BCUT2D eigenvalue weighted by Gasteiger charge is 2.19. The van der Waals surface area contributed by atoms with Crippen molar-refractivity contribution in [3.63, 3.8) is 0 Å². The van der Waals surface area contributed by atoms with Crippen LogP contribution < -0.4 is 10.6 Å². The molecule has 4 heteroatoms. The van der Waals surface area contributed by atoms with E-state index in [1.54, 1.807) is 12.1 Å². The van der Waals surface area contributed by atoms with Gasteiger partial charge in [-0.15, -0.1) is 0 Å². The molecule has 0 fully saturated rings. The van der Waals surface area contributed by atoms with Crippen LogP contribution in [-0.4, -0.2) is 11.8 Å². The first-order valence-corrected chi connectivity index (χ1v) is 9.88. The molecule has 4 rings (SSSR count). The summed E-state index contributed by atoms with van der Waals surface area (Å²) in [6.07, 6.45) is 0.134. The van der Waals surface area contributed by atoms with Crippen LogP contribution in [0.15, 0.2) is 103 Å². The number of benzene rings is 4. The number of rotatable bonds is 6. The lowest BCUT2D eigenvalue weighted by Gasteiger charge is -2.19. The Bertz CT molecular complexity index is 1160. The maximum atomic E-state index is 12.8. The number of fused-ring (bicyclic) bond motifs is 1. The predicted octanol–water partition coefficient (Wildman–Crippen LogP) is 5.34. The zero-order valence-corrected chi connectivity index (χ0v) is 16.4. The minimum Gasteiger partial charge on any atom is -0.345 e. The van der Waals surface area contributed by atoms with E-state index < -0.39 is 6.04 Å². The van der Waals surface area contributed by atoms with E-state index >= 15 is 0 Å². The first-order chi connectivity index (χ1) is 14.7. The van der Waals surface area contributed by atoms with Crippen molar-refractivity contribution in [1.82, 2.24) is 5.32 Å². The van der Waals surface area contributed by atoms with Crippen LogP contribution in [0, 0.1) is 0 Å². The average molecular weight is 394 g/mol. The van der Waals surface area contributed by atoms with E-state index in [1.165, 1.54) is 0 Å². The number of carbonyl (C=O) groups excluding carboxylic acids is 2. The van der Waals surface area contributed by atoms with Gasteiger partial charge in [0.15, 0.2) is 0 Å². The van der Waals surface area contributed by atoms with E-state index in [0.29, 0.717) is 5.56 Å². The molecule has 4 aromatic rings. The Morgan fingerprint density at radius 2 is 1.33 bits per heavy atom. The Labute approximate surface area is 175 Å². The summed E-state index contributed by atoms with van der Waals surface area (Å²) in [6, 6.07) is 32.0. The summed E-state index contributed by atoms with van der Waals surface area (Å²) < 4.78 is 0. The summed E-state index contributed by atoms with van der Waals surface area (Å²) in [5, 5.41) is 8.13. The maximum absolute atomic E-state index is 12.8. The van der Waals surface area contributed by atoms with Crippen LogP contribution in [0.1, 0.15) is 28.4 Å². The molecule has 0 saturated heterocycles. The van der Waals surface area contributed by atoms with Gasteiger partial charge >= 0.3 is 0 Å². The number of nitrogens with one attached hydrogen (secondary N) is 2. The Morgan fingerprint density at radius 3 is 2.07 bits per heavy atom. The summed E-state index contributed by atoms with van der Waals surface area (Å²) in [5.74, 6) is -0.365. The molecule has 148 valence electrons. The van der Waals surface area contributed by atoms with E-state index in [-0.39, 0.29) is 18.2 Å². The maximum Gasteiger partial charge on any atom is 0.251 e. The molecule has 0 aromatic heterocycles. The highest BCUT2D eigenvalue weighted by atomic mass is 16.2. The molecule has 2 N–H and O–H groups in total. The Morgan fingerprint density at radius 1 is 0.700 bits per heavy atom. The third kappa shape index (κ3) is 4.73. The molecule has 0 aliphatic heterocycles. The largest absolute Gasteiger partial charge is 0.345 e.